The molecule has 1 aromatic heterocycles. The lowest BCUT2D eigenvalue weighted by molar-refractivity contribution is -0.274. The number of rotatable bonds is 4. The summed E-state index contributed by atoms with van der Waals surface area (Å²) in [5, 5.41) is 2.92. The standard InChI is InChI=1S/C26H24F3N3O4/c1-35-23-5-3-2-4-21(23)30-25(34)31-13-16-12-18(15-31)22-11-10-20(24(33)32(22)14-16)17-6-8-19(9-7-17)36-26(27,28)29/h2-11,16,18H,12-15H2,1H3,(H,30,34)/t16-,18+/m0/s1. The summed E-state index contributed by atoms with van der Waals surface area (Å²) < 4.78 is 48.3. The Labute approximate surface area is 205 Å². The predicted octanol–water partition coefficient (Wildman–Crippen LogP) is 5.07. The van der Waals surface area contributed by atoms with Crippen molar-refractivity contribution in [2.75, 3.05) is 25.5 Å². The molecule has 188 valence electrons. The third-order valence-electron chi connectivity index (χ3n) is 6.64. The molecule has 7 nitrogen and oxygen atoms in total. The topological polar surface area (TPSA) is 72.8 Å². The lowest BCUT2D eigenvalue weighted by Gasteiger charge is -2.42. The van der Waals surface area contributed by atoms with Crippen LogP contribution >= 0.6 is 0 Å². The lowest BCUT2D eigenvalue weighted by Crippen LogP contribution is -2.50. The van der Waals surface area contributed by atoms with Gasteiger partial charge in [-0.05, 0) is 54.3 Å². The predicted molar refractivity (Wildman–Crippen MR) is 127 cm³/mol. The number of likely N-dealkylation sites (tertiary alicyclic amines) is 1. The number of carbonyl (C=O) groups is 1. The first-order valence-electron chi connectivity index (χ1n) is 11.5. The Kier molecular flexibility index (Phi) is 6.11. The summed E-state index contributed by atoms with van der Waals surface area (Å²) in [6.07, 6.45) is -3.90. The number of anilines is 1. The van der Waals surface area contributed by atoms with Crippen LogP contribution in [-0.4, -0.2) is 42.1 Å². The van der Waals surface area contributed by atoms with Crippen LogP contribution in [0.5, 0.6) is 11.5 Å². The number of amides is 2. The van der Waals surface area contributed by atoms with Crippen LogP contribution < -0.4 is 20.3 Å². The number of hydrogen-bond acceptors (Lipinski definition) is 4. The maximum Gasteiger partial charge on any atom is 0.573 e. The van der Waals surface area contributed by atoms with Crippen LogP contribution in [-0.2, 0) is 6.54 Å². The first-order chi connectivity index (χ1) is 17.2. The number of benzene rings is 2. The van der Waals surface area contributed by atoms with Crippen LogP contribution in [0.3, 0.4) is 0 Å². The molecule has 5 rings (SSSR count). The number of pyridine rings is 1. The first-order valence-corrected chi connectivity index (χ1v) is 11.5. The Balaban J connectivity index is 1.35. The molecule has 36 heavy (non-hydrogen) atoms. The highest BCUT2D eigenvalue weighted by molar-refractivity contribution is 5.91. The second-order valence-electron chi connectivity index (χ2n) is 8.99. The largest absolute Gasteiger partial charge is 0.573 e. The van der Waals surface area contributed by atoms with Gasteiger partial charge in [-0.15, -0.1) is 13.2 Å². The van der Waals surface area contributed by atoms with Gasteiger partial charge in [0.25, 0.3) is 5.56 Å². The van der Waals surface area contributed by atoms with E-state index in [2.05, 4.69) is 10.1 Å². The van der Waals surface area contributed by atoms with Gasteiger partial charge in [0, 0.05) is 36.8 Å². The molecule has 3 heterocycles. The molecule has 0 spiro atoms. The molecule has 0 aliphatic carbocycles. The summed E-state index contributed by atoms with van der Waals surface area (Å²) in [7, 11) is 1.55. The molecule has 2 aliphatic rings. The SMILES string of the molecule is COc1ccccc1NC(=O)N1C[C@@H]2C[C@H](C1)c1ccc(-c3ccc(OC(F)(F)F)cc3)c(=O)n1C2. The van der Waals surface area contributed by atoms with Crippen molar-refractivity contribution in [3.8, 4) is 22.6 Å². The Morgan fingerprint density at radius 2 is 1.75 bits per heavy atom. The van der Waals surface area contributed by atoms with Gasteiger partial charge in [-0.3, -0.25) is 4.79 Å². The third-order valence-corrected chi connectivity index (χ3v) is 6.64. The fourth-order valence-corrected chi connectivity index (χ4v) is 5.11. The molecule has 0 unspecified atom stereocenters. The van der Waals surface area contributed by atoms with E-state index >= 15 is 0 Å². The van der Waals surface area contributed by atoms with E-state index in [4.69, 9.17) is 4.74 Å². The minimum atomic E-state index is -4.78. The average molecular weight is 499 g/mol. The number of halogens is 3. The molecule has 2 amide bonds. The normalized spacial score (nSPS) is 18.8. The smallest absolute Gasteiger partial charge is 0.495 e. The van der Waals surface area contributed by atoms with Gasteiger partial charge >= 0.3 is 12.4 Å². The van der Waals surface area contributed by atoms with Crippen LogP contribution in [0.4, 0.5) is 23.7 Å². The van der Waals surface area contributed by atoms with Gasteiger partial charge < -0.3 is 24.3 Å². The summed E-state index contributed by atoms with van der Waals surface area (Å²) in [6, 6.07) is 15.8. The van der Waals surface area contributed by atoms with E-state index in [1.54, 1.807) is 34.8 Å². The summed E-state index contributed by atoms with van der Waals surface area (Å²) in [5.74, 6) is 0.344. The van der Waals surface area contributed by atoms with Crippen LogP contribution in [0.25, 0.3) is 11.1 Å². The number of para-hydroxylation sites is 2. The Morgan fingerprint density at radius 1 is 1.00 bits per heavy atom. The number of ether oxygens (including phenoxy) is 2. The van der Waals surface area contributed by atoms with Crippen molar-refractivity contribution in [2.45, 2.75) is 25.2 Å². The molecule has 1 fully saturated rings. The van der Waals surface area contributed by atoms with Gasteiger partial charge in [-0.25, -0.2) is 4.79 Å². The van der Waals surface area contributed by atoms with E-state index in [9.17, 15) is 22.8 Å². The van der Waals surface area contributed by atoms with Crippen molar-refractivity contribution >= 4 is 11.7 Å². The number of nitrogens with one attached hydrogen (secondary N) is 1. The van der Waals surface area contributed by atoms with Crippen molar-refractivity contribution in [2.24, 2.45) is 5.92 Å². The number of aromatic nitrogens is 1. The van der Waals surface area contributed by atoms with Crippen molar-refractivity contribution in [3.63, 3.8) is 0 Å². The Hall–Kier alpha value is -3.95. The molecule has 1 saturated heterocycles. The van der Waals surface area contributed by atoms with Crippen molar-refractivity contribution in [1.29, 1.82) is 0 Å². The number of methoxy groups -OCH3 is 1. The van der Waals surface area contributed by atoms with Crippen LogP contribution in [0, 0.1) is 5.92 Å². The molecule has 10 heteroatoms. The minimum Gasteiger partial charge on any atom is -0.495 e. The molecule has 2 aliphatic heterocycles. The van der Waals surface area contributed by atoms with E-state index < -0.39 is 6.36 Å². The van der Waals surface area contributed by atoms with E-state index in [0.717, 1.165) is 12.1 Å². The third kappa shape index (κ3) is 4.75. The zero-order valence-corrected chi connectivity index (χ0v) is 19.4. The number of piperidine rings is 1. The molecule has 0 saturated carbocycles. The van der Waals surface area contributed by atoms with E-state index in [1.807, 2.05) is 18.2 Å². The van der Waals surface area contributed by atoms with Crippen LogP contribution in [0.15, 0.2) is 65.5 Å². The molecule has 2 atom stereocenters. The number of carbonyl (C=O) groups excluding carboxylic acids is 1. The molecule has 2 aromatic carbocycles. The van der Waals surface area contributed by atoms with Crippen LogP contribution in [0.1, 0.15) is 18.0 Å². The molecule has 1 N–H and O–H groups in total. The summed E-state index contributed by atoms with van der Waals surface area (Å²) in [6.45, 7) is 1.45. The molecular weight excluding hydrogens is 475 g/mol. The highest BCUT2D eigenvalue weighted by Gasteiger charge is 2.37. The molecule has 2 bridgehead atoms. The second kappa shape index (κ2) is 9.25. The van der Waals surface area contributed by atoms with E-state index in [1.165, 1.54) is 24.3 Å². The van der Waals surface area contributed by atoms with Gasteiger partial charge in [0.2, 0.25) is 0 Å². The number of nitrogens with zero attached hydrogens (tertiary/aromatic N) is 2. The van der Waals surface area contributed by atoms with Gasteiger partial charge in [0.05, 0.1) is 12.8 Å². The number of alkyl halides is 3. The molecule has 3 aromatic rings. The average Bonchev–Trinajstić information content (AvgIpc) is 2.84. The van der Waals surface area contributed by atoms with Gasteiger partial charge in [0.15, 0.2) is 0 Å². The fourth-order valence-electron chi connectivity index (χ4n) is 5.11. The second-order valence-corrected chi connectivity index (χ2v) is 8.99. The van der Waals surface area contributed by atoms with Crippen molar-refractivity contribution in [3.05, 3.63) is 76.7 Å². The van der Waals surface area contributed by atoms with Gasteiger partial charge in [-0.1, -0.05) is 24.3 Å². The minimum absolute atomic E-state index is 0.00484. The molecular formula is C26H24F3N3O4. The highest BCUT2D eigenvalue weighted by Crippen LogP contribution is 2.36. The summed E-state index contributed by atoms with van der Waals surface area (Å²) in [5.41, 5.74) is 2.17. The molecule has 0 radical (unpaired) electrons. The zero-order valence-electron chi connectivity index (χ0n) is 19.4. The maximum atomic E-state index is 13.3. The maximum absolute atomic E-state index is 13.3. The van der Waals surface area contributed by atoms with Crippen molar-refractivity contribution in [1.82, 2.24) is 9.47 Å². The zero-order chi connectivity index (χ0) is 25.4. The van der Waals surface area contributed by atoms with Crippen molar-refractivity contribution < 1.29 is 27.4 Å². The van der Waals surface area contributed by atoms with E-state index in [0.29, 0.717) is 42.2 Å². The first kappa shape index (κ1) is 23.8. The van der Waals surface area contributed by atoms with Gasteiger partial charge in [0.1, 0.15) is 11.5 Å². The fraction of sp³-hybridized carbons (Fsp3) is 0.308. The number of fused-ring (bicyclic) bond motifs is 4. The van der Waals surface area contributed by atoms with E-state index in [-0.39, 0.29) is 29.2 Å². The quantitative estimate of drug-likeness (QED) is 0.544. The lowest BCUT2D eigenvalue weighted by atomic mass is 9.83. The summed E-state index contributed by atoms with van der Waals surface area (Å²) in [4.78, 5) is 28.1. The van der Waals surface area contributed by atoms with Crippen LogP contribution in [0.2, 0.25) is 0 Å². The Bertz CT molecular complexity index is 1340. The Morgan fingerprint density at radius 3 is 2.47 bits per heavy atom. The highest BCUT2D eigenvalue weighted by atomic mass is 19.4. The number of urea groups is 1. The van der Waals surface area contributed by atoms with Gasteiger partial charge in [-0.2, -0.15) is 0 Å². The monoisotopic (exact) mass is 499 g/mol. The number of hydrogen-bond donors (Lipinski definition) is 1. The summed E-state index contributed by atoms with van der Waals surface area (Å²) >= 11 is 0.